The highest BCUT2D eigenvalue weighted by atomic mass is 15.1. The fourth-order valence-corrected chi connectivity index (χ4v) is 6.38. The van der Waals surface area contributed by atoms with Gasteiger partial charge in [0.2, 0.25) is 0 Å². The monoisotopic (exact) mass is 573 g/mol. The summed E-state index contributed by atoms with van der Waals surface area (Å²) >= 11 is 0. The van der Waals surface area contributed by atoms with Crippen molar-refractivity contribution in [3.63, 3.8) is 0 Å². The van der Waals surface area contributed by atoms with Gasteiger partial charge in [-0.05, 0) is 85.9 Å². The lowest BCUT2D eigenvalue weighted by Gasteiger charge is -2.28. The summed E-state index contributed by atoms with van der Waals surface area (Å²) in [5.74, 6) is 0. The predicted octanol–water partition coefficient (Wildman–Crippen LogP) is 12.5. The predicted molar refractivity (Wildman–Crippen MR) is 192 cm³/mol. The molecular weight excluding hydrogens is 542 g/mol. The van der Waals surface area contributed by atoms with Gasteiger partial charge >= 0.3 is 0 Å². The molecule has 0 heterocycles. The summed E-state index contributed by atoms with van der Waals surface area (Å²) in [6, 6.07) is 67.7. The summed E-state index contributed by atoms with van der Waals surface area (Å²) in [7, 11) is 0. The molecule has 0 radical (unpaired) electrons. The molecule has 0 aromatic heterocycles. The van der Waals surface area contributed by atoms with Crippen LogP contribution in [0.4, 0.5) is 17.1 Å². The van der Waals surface area contributed by atoms with E-state index in [1.54, 1.807) is 0 Å². The minimum absolute atomic E-state index is 1.12. The van der Waals surface area contributed by atoms with E-state index in [-0.39, 0.29) is 0 Å². The van der Waals surface area contributed by atoms with Crippen LogP contribution in [-0.4, -0.2) is 0 Å². The third-order valence-electron chi connectivity index (χ3n) is 8.67. The van der Waals surface area contributed by atoms with E-state index in [2.05, 4.69) is 193 Å². The molecule has 0 amide bonds. The molecule has 0 atom stereocenters. The molecule has 45 heavy (non-hydrogen) atoms. The maximum atomic E-state index is 2.38. The highest BCUT2D eigenvalue weighted by molar-refractivity contribution is 6.07. The van der Waals surface area contributed by atoms with Crippen LogP contribution in [0.3, 0.4) is 0 Å². The van der Waals surface area contributed by atoms with Gasteiger partial charge in [-0.15, -0.1) is 0 Å². The van der Waals surface area contributed by atoms with Crippen LogP contribution in [0.2, 0.25) is 0 Å². The summed E-state index contributed by atoms with van der Waals surface area (Å²) in [5.41, 5.74) is 10.7. The van der Waals surface area contributed by atoms with Gasteiger partial charge in [-0.3, -0.25) is 0 Å². The lowest BCUT2D eigenvalue weighted by Crippen LogP contribution is -2.10. The van der Waals surface area contributed by atoms with Gasteiger partial charge in [-0.2, -0.15) is 0 Å². The minimum Gasteiger partial charge on any atom is -0.310 e. The molecule has 0 saturated heterocycles. The van der Waals surface area contributed by atoms with Gasteiger partial charge in [0.1, 0.15) is 0 Å². The van der Waals surface area contributed by atoms with Gasteiger partial charge in [-0.25, -0.2) is 0 Å². The van der Waals surface area contributed by atoms with Crippen molar-refractivity contribution in [1.82, 2.24) is 0 Å². The standard InChI is InChI=1S/C44H31N/c1-3-11-32(12-4-1)35-21-25-39(26-22-35)45(40-27-23-36(24-28-40)33-13-5-2-6-14-33)44-30-29-41(42-17-9-10-18-43(42)44)38-20-19-34-15-7-8-16-37(34)31-38/h1-31H. The van der Waals surface area contributed by atoms with Crippen LogP contribution >= 0.6 is 0 Å². The van der Waals surface area contributed by atoms with Gasteiger partial charge in [0.15, 0.2) is 0 Å². The SMILES string of the molecule is c1ccc(-c2ccc(N(c3ccc(-c4ccccc4)cc3)c3ccc(-c4ccc5ccccc5c4)c4ccccc34)cc2)cc1. The van der Waals surface area contributed by atoms with Crippen molar-refractivity contribution in [2.24, 2.45) is 0 Å². The van der Waals surface area contributed by atoms with Crippen molar-refractivity contribution in [2.75, 3.05) is 4.90 Å². The molecule has 0 spiro atoms. The number of anilines is 3. The summed E-state index contributed by atoms with van der Waals surface area (Å²) in [4.78, 5) is 2.38. The first kappa shape index (κ1) is 26.7. The van der Waals surface area contributed by atoms with Crippen molar-refractivity contribution in [3.05, 3.63) is 188 Å². The first-order chi connectivity index (χ1) is 22.3. The van der Waals surface area contributed by atoms with E-state index < -0.39 is 0 Å². The normalized spacial score (nSPS) is 11.1. The number of hydrogen-bond donors (Lipinski definition) is 0. The smallest absolute Gasteiger partial charge is 0.0540 e. The van der Waals surface area contributed by atoms with Gasteiger partial charge in [0.05, 0.1) is 5.69 Å². The zero-order chi connectivity index (χ0) is 30.0. The number of fused-ring (bicyclic) bond motifs is 2. The van der Waals surface area contributed by atoms with E-state index in [1.807, 2.05) is 0 Å². The maximum Gasteiger partial charge on any atom is 0.0540 e. The molecule has 0 unspecified atom stereocenters. The molecule has 1 nitrogen and oxygen atoms in total. The summed E-state index contributed by atoms with van der Waals surface area (Å²) in [6.07, 6.45) is 0. The van der Waals surface area contributed by atoms with Gasteiger partial charge in [0, 0.05) is 16.8 Å². The molecule has 0 fully saturated rings. The molecule has 8 rings (SSSR count). The summed E-state index contributed by atoms with van der Waals surface area (Å²) < 4.78 is 0. The Morgan fingerprint density at radius 1 is 0.289 bits per heavy atom. The number of benzene rings is 8. The Balaban J connectivity index is 1.28. The van der Waals surface area contributed by atoms with Crippen LogP contribution in [0.1, 0.15) is 0 Å². The van der Waals surface area contributed by atoms with Gasteiger partial charge in [0.25, 0.3) is 0 Å². The summed E-state index contributed by atoms with van der Waals surface area (Å²) in [6.45, 7) is 0. The Morgan fingerprint density at radius 2 is 0.756 bits per heavy atom. The average molecular weight is 574 g/mol. The Hall–Kier alpha value is -5.92. The fourth-order valence-electron chi connectivity index (χ4n) is 6.38. The Morgan fingerprint density at radius 3 is 1.36 bits per heavy atom. The zero-order valence-corrected chi connectivity index (χ0v) is 24.8. The van der Waals surface area contributed by atoms with E-state index in [9.17, 15) is 0 Å². The second kappa shape index (κ2) is 11.6. The first-order valence-electron chi connectivity index (χ1n) is 15.4. The van der Waals surface area contributed by atoms with E-state index in [0.29, 0.717) is 0 Å². The molecule has 0 aliphatic rings. The number of nitrogens with zero attached hydrogens (tertiary/aromatic N) is 1. The van der Waals surface area contributed by atoms with Crippen LogP contribution < -0.4 is 4.90 Å². The zero-order valence-electron chi connectivity index (χ0n) is 24.8. The first-order valence-corrected chi connectivity index (χ1v) is 15.4. The lowest BCUT2D eigenvalue weighted by molar-refractivity contribution is 1.30. The van der Waals surface area contributed by atoms with Crippen molar-refractivity contribution < 1.29 is 0 Å². The number of rotatable bonds is 6. The molecule has 0 bridgehead atoms. The topological polar surface area (TPSA) is 3.24 Å². The molecule has 8 aromatic carbocycles. The molecule has 1 heteroatoms. The van der Waals surface area contributed by atoms with Crippen molar-refractivity contribution >= 4 is 38.6 Å². The van der Waals surface area contributed by atoms with E-state index in [4.69, 9.17) is 0 Å². The van der Waals surface area contributed by atoms with Gasteiger partial charge < -0.3 is 4.90 Å². The van der Waals surface area contributed by atoms with Crippen LogP contribution in [0.15, 0.2) is 188 Å². The quantitative estimate of drug-likeness (QED) is 0.191. The molecular formula is C44H31N. The molecule has 0 aliphatic heterocycles. The van der Waals surface area contributed by atoms with Crippen LogP contribution in [0.5, 0.6) is 0 Å². The molecule has 212 valence electrons. The molecule has 0 N–H and O–H groups in total. The lowest BCUT2D eigenvalue weighted by atomic mass is 9.94. The molecule has 8 aromatic rings. The fraction of sp³-hybridized carbons (Fsp3) is 0. The Kier molecular flexibility index (Phi) is 6.90. The van der Waals surface area contributed by atoms with E-state index in [0.717, 1.165) is 17.1 Å². The van der Waals surface area contributed by atoms with Crippen LogP contribution in [-0.2, 0) is 0 Å². The third kappa shape index (κ3) is 5.15. The Bertz CT molecular complexity index is 2150. The van der Waals surface area contributed by atoms with Gasteiger partial charge in [-0.1, -0.05) is 152 Å². The maximum absolute atomic E-state index is 2.38. The average Bonchev–Trinajstić information content (AvgIpc) is 3.13. The van der Waals surface area contributed by atoms with Crippen molar-refractivity contribution in [1.29, 1.82) is 0 Å². The minimum atomic E-state index is 1.12. The number of hydrogen-bond acceptors (Lipinski definition) is 1. The van der Waals surface area contributed by atoms with Crippen molar-refractivity contribution in [3.8, 4) is 33.4 Å². The molecule has 0 aliphatic carbocycles. The van der Waals surface area contributed by atoms with Crippen LogP contribution in [0.25, 0.3) is 54.9 Å². The van der Waals surface area contributed by atoms with E-state index >= 15 is 0 Å². The van der Waals surface area contributed by atoms with E-state index in [1.165, 1.54) is 54.9 Å². The highest BCUT2D eigenvalue weighted by Crippen LogP contribution is 2.43. The summed E-state index contributed by atoms with van der Waals surface area (Å²) in [5, 5.41) is 4.95. The largest absolute Gasteiger partial charge is 0.310 e. The van der Waals surface area contributed by atoms with Crippen molar-refractivity contribution in [2.45, 2.75) is 0 Å². The second-order valence-electron chi connectivity index (χ2n) is 11.4. The third-order valence-corrected chi connectivity index (χ3v) is 8.67. The Labute approximate surface area is 264 Å². The molecule has 0 saturated carbocycles. The highest BCUT2D eigenvalue weighted by Gasteiger charge is 2.18. The second-order valence-corrected chi connectivity index (χ2v) is 11.4. The van der Waals surface area contributed by atoms with Crippen LogP contribution in [0, 0.1) is 0 Å².